The summed E-state index contributed by atoms with van der Waals surface area (Å²) in [4.78, 5) is 0. The molecule has 0 radical (unpaired) electrons. The summed E-state index contributed by atoms with van der Waals surface area (Å²) < 4.78 is 44.0. The van der Waals surface area contributed by atoms with Crippen molar-refractivity contribution >= 4 is 22.3 Å². The van der Waals surface area contributed by atoms with Crippen LogP contribution in [0.1, 0.15) is 6.92 Å². The molecule has 0 aromatic carbocycles. The molecular weight excluding hydrogens is 245 g/mol. The molecule has 0 fully saturated rings. The first-order valence-electron chi connectivity index (χ1n) is 4.09. The van der Waals surface area contributed by atoms with Gasteiger partial charge in [-0.15, -0.1) is 0 Å². The second-order valence-electron chi connectivity index (χ2n) is 3.52. The van der Waals surface area contributed by atoms with Gasteiger partial charge in [0, 0.05) is 32.8 Å². The molecule has 0 aliphatic heterocycles. The fraction of sp³-hybridized carbons (Fsp3) is 1.00. The Morgan fingerprint density at radius 1 is 0.929 bits per heavy atom. The summed E-state index contributed by atoms with van der Waals surface area (Å²) in [5, 5.41) is 0. The molecule has 2 atom stereocenters. The Hall–Kier alpha value is 0.610. The van der Waals surface area contributed by atoms with E-state index in [1.165, 1.54) is 26.7 Å². The summed E-state index contributed by atoms with van der Waals surface area (Å²) in [6.07, 6.45) is 0.270. The molecule has 0 N–H and O–H groups in total. The van der Waals surface area contributed by atoms with Gasteiger partial charge in [0.1, 0.15) is 0 Å². The van der Waals surface area contributed by atoms with Crippen molar-refractivity contribution in [3.8, 4) is 0 Å². The van der Waals surface area contributed by atoms with Crippen LogP contribution in [0.3, 0.4) is 0 Å². The van der Waals surface area contributed by atoms with E-state index in [0.717, 1.165) is 0 Å². The Labute approximate surface area is 85.0 Å². The van der Waals surface area contributed by atoms with Gasteiger partial charge in [0.05, 0.1) is 0 Å². The lowest BCUT2D eigenvalue weighted by Gasteiger charge is -2.20. The quantitative estimate of drug-likeness (QED) is 0.711. The zero-order valence-corrected chi connectivity index (χ0v) is 11.8. The van der Waals surface area contributed by atoms with Crippen molar-refractivity contribution in [2.45, 2.75) is 6.92 Å². The van der Waals surface area contributed by atoms with Gasteiger partial charge >= 0.3 is 7.60 Å². The minimum atomic E-state index is -3.48. The monoisotopic (exact) mass is 262 g/mol. The molecule has 0 aromatic rings. The average Bonchev–Trinajstić information content (AvgIpc) is 1.78. The van der Waals surface area contributed by atoms with Gasteiger partial charge in [-0.2, -0.15) is 0 Å². The fourth-order valence-corrected chi connectivity index (χ4v) is 6.96. The van der Waals surface area contributed by atoms with E-state index in [-0.39, 0.29) is 6.16 Å². The maximum Gasteiger partial charge on any atom is 0.338 e. The van der Waals surface area contributed by atoms with Crippen molar-refractivity contribution in [2.24, 2.45) is 0 Å². The molecule has 0 aromatic heterocycles. The van der Waals surface area contributed by atoms with Gasteiger partial charge in [-0.25, -0.2) is 0 Å². The lowest BCUT2D eigenvalue weighted by atomic mass is 11.0. The second-order valence-corrected chi connectivity index (χ2v) is 11.5. The van der Waals surface area contributed by atoms with Crippen molar-refractivity contribution < 1.29 is 22.3 Å². The molecule has 0 rings (SSSR count). The molecule has 8 heteroatoms. The maximum atomic E-state index is 11.6. The molecule has 0 aliphatic carbocycles. The van der Waals surface area contributed by atoms with E-state index in [1.54, 1.807) is 6.92 Å². The molecular formula is C6H17O5P3. The first kappa shape index (κ1) is 14.6. The third-order valence-electron chi connectivity index (χ3n) is 1.24. The van der Waals surface area contributed by atoms with Crippen LogP contribution in [0.15, 0.2) is 0 Å². The molecule has 14 heavy (non-hydrogen) atoms. The van der Waals surface area contributed by atoms with Gasteiger partial charge in [0.15, 0.2) is 0 Å². The highest BCUT2D eigenvalue weighted by Crippen LogP contribution is 2.66. The average molecular weight is 262 g/mol. The molecule has 5 nitrogen and oxygen atoms in total. The third kappa shape index (κ3) is 6.98. The first-order chi connectivity index (χ1) is 5.97. The Balaban J connectivity index is 4.60. The van der Waals surface area contributed by atoms with Crippen molar-refractivity contribution in [2.75, 3.05) is 32.8 Å². The Kier molecular flexibility index (Phi) is 4.84. The Morgan fingerprint density at radius 2 is 1.36 bits per heavy atom. The lowest BCUT2D eigenvalue weighted by molar-refractivity contribution is 0.388. The van der Waals surface area contributed by atoms with Crippen LogP contribution >= 0.6 is 22.3 Å². The molecule has 86 valence electrons. The Bertz CT molecular complexity index is 330. The standard InChI is InChI=1S/C6H17O5P3/c1-6-13(4,8)11-14(5,9)10-12(2,3)7/h6H2,1-5H3. The van der Waals surface area contributed by atoms with Crippen LogP contribution in [-0.4, -0.2) is 32.8 Å². The summed E-state index contributed by atoms with van der Waals surface area (Å²) in [6.45, 7) is 6.89. The van der Waals surface area contributed by atoms with E-state index in [1.807, 2.05) is 0 Å². The summed E-state index contributed by atoms with van der Waals surface area (Å²) in [5.74, 6) is 0. The molecule has 0 amide bonds. The van der Waals surface area contributed by atoms with Gasteiger partial charge in [0.25, 0.3) is 0 Å². The van der Waals surface area contributed by atoms with E-state index in [9.17, 15) is 13.7 Å². The smallest absolute Gasteiger partial charge is 0.293 e. The van der Waals surface area contributed by atoms with E-state index < -0.39 is 22.3 Å². The van der Waals surface area contributed by atoms with Gasteiger partial charge < -0.3 is 0 Å². The van der Waals surface area contributed by atoms with Crippen LogP contribution in [0.25, 0.3) is 0 Å². The minimum absolute atomic E-state index is 0.270. The molecule has 0 bridgehead atoms. The van der Waals surface area contributed by atoms with E-state index in [4.69, 9.17) is 8.62 Å². The van der Waals surface area contributed by atoms with Crippen LogP contribution in [0.2, 0.25) is 0 Å². The highest BCUT2D eigenvalue weighted by Gasteiger charge is 2.30. The highest BCUT2D eigenvalue weighted by atomic mass is 31.3. The van der Waals surface area contributed by atoms with Gasteiger partial charge in [0.2, 0.25) is 14.7 Å². The van der Waals surface area contributed by atoms with Gasteiger partial charge in [-0.3, -0.25) is 22.3 Å². The molecule has 0 saturated carbocycles. The maximum absolute atomic E-state index is 11.6. The molecule has 0 aliphatic rings. The van der Waals surface area contributed by atoms with Crippen molar-refractivity contribution in [3.05, 3.63) is 0 Å². The topological polar surface area (TPSA) is 69.7 Å². The van der Waals surface area contributed by atoms with Crippen LogP contribution in [-0.2, 0) is 22.3 Å². The Morgan fingerprint density at radius 3 is 1.64 bits per heavy atom. The molecule has 0 saturated heterocycles. The highest BCUT2D eigenvalue weighted by molar-refractivity contribution is 7.74. The van der Waals surface area contributed by atoms with Crippen molar-refractivity contribution in [1.82, 2.24) is 0 Å². The normalized spacial score (nSPS) is 21.2. The van der Waals surface area contributed by atoms with Crippen molar-refractivity contribution in [3.63, 3.8) is 0 Å². The van der Waals surface area contributed by atoms with Crippen LogP contribution in [0, 0.1) is 0 Å². The SMILES string of the molecule is CCP(C)(=O)OP(C)(=O)OP(C)(C)=O. The minimum Gasteiger partial charge on any atom is -0.293 e. The summed E-state index contributed by atoms with van der Waals surface area (Å²) in [7, 11) is -9.26. The number of hydrogen-bond donors (Lipinski definition) is 0. The zero-order valence-electron chi connectivity index (χ0n) is 9.09. The zero-order chi connectivity index (χ0) is 11.6. The summed E-state index contributed by atoms with van der Waals surface area (Å²) in [5.41, 5.74) is 0. The predicted octanol–water partition coefficient (Wildman–Crippen LogP) is 3.31. The first-order valence-corrected chi connectivity index (χ1v) is 10.9. The second kappa shape index (κ2) is 4.63. The van der Waals surface area contributed by atoms with E-state index >= 15 is 0 Å². The van der Waals surface area contributed by atoms with Gasteiger partial charge in [-0.1, -0.05) is 6.92 Å². The number of rotatable bonds is 5. The molecule has 2 unspecified atom stereocenters. The van der Waals surface area contributed by atoms with Crippen molar-refractivity contribution in [1.29, 1.82) is 0 Å². The molecule has 0 spiro atoms. The third-order valence-corrected chi connectivity index (χ3v) is 7.72. The largest absolute Gasteiger partial charge is 0.338 e. The van der Waals surface area contributed by atoms with Gasteiger partial charge in [-0.05, 0) is 0 Å². The van der Waals surface area contributed by atoms with Crippen LogP contribution in [0.4, 0.5) is 0 Å². The fourth-order valence-electron chi connectivity index (χ4n) is 0.744. The lowest BCUT2D eigenvalue weighted by Crippen LogP contribution is -1.92. The molecule has 0 heterocycles. The summed E-state index contributed by atoms with van der Waals surface area (Å²) in [6, 6.07) is 0. The van der Waals surface area contributed by atoms with Crippen LogP contribution < -0.4 is 0 Å². The van der Waals surface area contributed by atoms with E-state index in [0.29, 0.717) is 0 Å². The van der Waals surface area contributed by atoms with Crippen LogP contribution in [0.5, 0.6) is 0 Å². The number of hydrogen-bond acceptors (Lipinski definition) is 5. The summed E-state index contributed by atoms with van der Waals surface area (Å²) >= 11 is 0. The van der Waals surface area contributed by atoms with E-state index in [2.05, 4.69) is 0 Å². The predicted molar refractivity (Wildman–Crippen MR) is 59.2 cm³/mol.